The van der Waals surface area contributed by atoms with Gasteiger partial charge in [-0.25, -0.2) is 9.37 Å². The van der Waals surface area contributed by atoms with E-state index in [-0.39, 0.29) is 23.9 Å². The molecule has 0 atom stereocenters. The Bertz CT molecular complexity index is 1130. The standard InChI is InChI=1S/C22H27FN8O3/c1-33-19-4-2-3-18(23)16(19)12-25-21-17(20(24)32)13-26-22(29-21)28-15-11-27-31(14-15)6-5-30-7-9-34-10-8-30/h2-4,11,13-14H,5-10,12H2,1H3,(H2,24,32)(H2,25,26,28,29). The number of halogens is 1. The molecule has 0 radical (unpaired) electrons. The number of carbonyl (C=O) groups excluding carboxylic acids is 1. The molecule has 12 heteroatoms. The topological polar surface area (TPSA) is 132 Å². The predicted molar refractivity (Wildman–Crippen MR) is 124 cm³/mol. The Morgan fingerprint density at radius 2 is 2.09 bits per heavy atom. The molecule has 34 heavy (non-hydrogen) atoms. The van der Waals surface area contributed by atoms with Gasteiger partial charge in [-0.1, -0.05) is 6.07 Å². The maximum Gasteiger partial charge on any atom is 0.254 e. The number of aromatic nitrogens is 4. The molecule has 4 rings (SSSR count). The van der Waals surface area contributed by atoms with Crippen LogP contribution in [-0.4, -0.2) is 70.5 Å². The number of morpholine rings is 1. The lowest BCUT2D eigenvalue weighted by Gasteiger charge is -2.26. The minimum atomic E-state index is -0.703. The second kappa shape index (κ2) is 10.9. The molecule has 180 valence electrons. The van der Waals surface area contributed by atoms with E-state index >= 15 is 0 Å². The lowest BCUT2D eigenvalue weighted by atomic mass is 10.2. The molecule has 0 aliphatic carbocycles. The normalized spacial score (nSPS) is 14.1. The second-order valence-electron chi connectivity index (χ2n) is 7.67. The summed E-state index contributed by atoms with van der Waals surface area (Å²) >= 11 is 0. The molecule has 3 aromatic rings. The number of carbonyl (C=O) groups is 1. The molecule has 0 unspecified atom stereocenters. The Hall–Kier alpha value is -3.77. The minimum absolute atomic E-state index is 0.0338. The summed E-state index contributed by atoms with van der Waals surface area (Å²) in [6.45, 7) is 4.99. The van der Waals surface area contributed by atoms with Crippen LogP contribution >= 0.6 is 0 Å². The van der Waals surface area contributed by atoms with Gasteiger partial charge in [0, 0.05) is 44.1 Å². The van der Waals surface area contributed by atoms with Crippen LogP contribution in [0.2, 0.25) is 0 Å². The number of ether oxygens (including phenoxy) is 2. The van der Waals surface area contributed by atoms with E-state index in [1.165, 1.54) is 19.4 Å². The highest BCUT2D eigenvalue weighted by Gasteiger charge is 2.16. The largest absolute Gasteiger partial charge is 0.496 e. The first kappa shape index (κ1) is 23.4. The van der Waals surface area contributed by atoms with Crippen LogP contribution in [0.25, 0.3) is 0 Å². The van der Waals surface area contributed by atoms with Crippen LogP contribution in [0.1, 0.15) is 15.9 Å². The molecule has 0 saturated carbocycles. The van der Waals surface area contributed by atoms with Gasteiger partial charge in [0.2, 0.25) is 5.95 Å². The summed E-state index contributed by atoms with van der Waals surface area (Å²) in [5, 5.41) is 10.4. The van der Waals surface area contributed by atoms with Crippen molar-refractivity contribution in [3.8, 4) is 5.75 Å². The number of nitrogens with two attached hydrogens (primary N) is 1. The van der Waals surface area contributed by atoms with Crippen molar-refractivity contribution in [2.45, 2.75) is 13.1 Å². The van der Waals surface area contributed by atoms with Gasteiger partial charge in [0.1, 0.15) is 17.4 Å². The van der Waals surface area contributed by atoms with Crippen LogP contribution in [0.3, 0.4) is 0 Å². The minimum Gasteiger partial charge on any atom is -0.496 e. The molecule has 1 amide bonds. The SMILES string of the molecule is COc1cccc(F)c1CNc1nc(Nc2cnn(CCN3CCOCC3)c2)ncc1C(N)=O. The van der Waals surface area contributed by atoms with Gasteiger partial charge in [-0.15, -0.1) is 0 Å². The maximum absolute atomic E-state index is 14.3. The molecule has 1 aromatic carbocycles. The highest BCUT2D eigenvalue weighted by atomic mass is 19.1. The van der Waals surface area contributed by atoms with Gasteiger partial charge < -0.3 is 25.8 Å². The van der Waals surface area contributed by atoms with E-state index in [1.54, 1.807) is 18.3 Å². The summed E-state index contributed by atoms with van der Waals surface area (Å²) in [6, 6.07) is 4.54. The third-order valence-electron chi connectivity index (χ3n) is 5.42. The summed E-state index contributed by atoms with van der Waals surface area (Å²) in [5.41, 5.74) is 6.54. The fraction of sp³-hybridized carbons (Fsp3) is 0.364. The predicted octanol–water partition coefficient (Wildman–Crippen LogP) is 1.61. The number of primary amides is 1. The molecule has 1 aliphatic rings. The summed E-state index contributed by atoms with van der Waals surface area (Å²) in [5.74, 6) is -0.351. The highest BCUT2D eigenvalue weighted by Crippen LogP contribution is 2.23. The molecular weight excluding hydrogens is 443 g/mol. The zero-order valence-electron chi connectivity index (χ0n) is 18.8. The summed E-state index contributed by atoms with van der Waals surface area (Å²) < 4.78 is 26.7. The van der Waals surface area contributed by atoms with Crippen molar-refractivity contribution in [3.63, 3.8) is 0 Å². The van der Waals surface area contributed by atoms with E-state index in [2.05, 4.69) is 30.6 Å². The Morgan fingerprint density at radius 3 is 2.85 bits per heavy atom. The first-order valence-corrected chi connectivity index (χ1v) is 10.8. The number of methoxy groups -OCH3 is 1. The van der Waals surface area contributed by atoms with Crippen LogP contribution in [0.15, 0.2) is 36.8 Å². The van der Waals surface area contributed by atoms with Crippen LogP contribution in [0, 0.1) is 5.82 Å². The van der Waals surface area contributed by atoms with Crippen molar-refractivity contribution in [1.29, 1.82) is 0 Å². The average Bonchev–Trinajstić information content (AvgIpc) is 3.29. The Balaban J connectivity index is 1.44. The lowest BCUT2D eigenvalue weighted by Crippen LogP contribution is -2.38. The van der Waals surface area contributed by atoms with Gasteiger partial charge in [-0.3, -0.25) is 14.4 Å². The van der Waals surface area contributed by atoms with Crippen molar-refractivity contribution >= 4 is 23.4 Å². The summed E-state index contributed by atoms with van der Waals surface area (Å²) in [7, 11) is 1.46. The number of hydrogen-bond donors (Lipinski definition) is 3. The molecule has 1 fully saturated rings. The van der Waals surface area contributed by atoms with Crippen LogP contribution < -0.4 is 21.1 Å². The number of anilines is 3. The number of nitrogens with one attached hydrogen (secondary N) is 2. The van der Waals surface area contributed by atoms with E-state index in [9.17, 15) is 9.18 Å². The van der Waals surface area contributed by atoms with E-state index in [4.69, 9.17) is 15.2 Å². The zero-order valence-corrected chi connectivity index (χ0v) is 18.8. The van der Waals surface area contributed by atoms with Gasteiger partial charge >= 0.3 is 0 Å². The van der Waals surface area contributed by atoms with E-state index in [0.717, 1.165) is 39.4 Å². The lowest BCUT2D eigenvalue weighted by molar-refractivity contribution is 0.0360. The average molecular weight is 471 g/mol. The van der Waals surface area contributed by atoms with Crippen molar-refractivity contribution in [2.24, 2.45) is 5.73 Å². The monoisotopic (exact) mass is 470 g/mol. The smallest absolute Gasteiger partial charge is 0.254 e. The van der Waals surface area contributed by atoms with Gasteiger partial charge in [0.05, 0.1) is 44.3 Å². The molecule has 0 spiro atoms. The van der Waals surface area contributed by atoms with Crippen LogP contribution in [0.5, 0.6) is 5.75 Å². The zero-order chi connectivity index (χ0) is 23.9. The van der Waals surface area contributed by atoms with Gasteiger partial charge in [-0.05, 0) is 12.1 Å². The van der Waals surface area contributed by atoms with Crippen LogP contribution in [-0.2, 0) is 17.8 Å². The van der Waals surface area contributed by atoms with Crippen LogP contribution in [0.4, 0.5) is 21.8 Å². The summed E-state index contributed by atoms with van der Waals surface area (Å²) in [4.78, 5) is 22.7. The molecule has 3 heterocycles. The highest BCUT2D eigenvalue weighted by molar-refractivity contribution is 5.97. The number of nitrogens with zero attached hydrogens (tertiary/aromatic N) is 5. The number of amides is 1. The molecule has 4 N–H and O–H groups in total. The second-order valence-corrected chi connectivity index (χ2v) is 7.67. The molecule has 0 bridgehead atoms. The fourth-order valence-electron chi connectivity index (χ4n) is 3.58. The van der Waals surface area contributed by atoms with Gasteiger partial charge in [-0.2, -0.15) is 10.1 Å². The van der Waals surface area contributed by atoms with Crippen molar-refractivity contribution in [2.75, 3.05) is 50.6 Å². The van der Waals surface area contributed by atoms with Crippen molar-refractivity contribution in [3.05, 3.63) is 53.7 Å². The maximum atomic E-state index is 14.3. The Labute approximate surface area is 196 Å². The number of rotatable bonds is 10. The van der Waals surface area contributed by atoms with E-state index < -0.39 is 11.7 Å². The summed E-state index contributed by atoms with van der Waals surface area (Å²) in [6.07, 6.45) is 4.84. The quantitative estimate of drug-likeness (QED) is 0.404. The van der Waals surface area contributed by atoms with E-state index in [0.29, 0.717) is 17.0 Å². The Kier molecular flexibility index (Phi) is 7.50. The van der Waals surface area contributed by atoms with Gasteiger partial charge in [0.15, 0.2) is 0 Å². The first-order valence-electron chi connectivity index (χ1n) is 10.8. The molecule has 2 aromatic heterocycles. The third kappa shape index (κ3) is 5.77. The van der Waals surface area contributed by atoms with Crippen molar-refractivity contribution < 1.29 is 18.7 Å². The first-order chi connectivity index (χ1) is 16.5. The Morgan fingerprint density at radius 1 is 1.26 bits per heavy atom. The fourth-order valence-corrected chi connectivity index (χ4v) is 3.58. The molecule has 11 nitrogen and oxygen atoms in total. The van der Waals surface area contributed by atoms with Gasteiger partial charge in [0.25, 0.3) is 5.91 Å². The molecule has 1 saturated heterocycles. The molecular formula is C22H27FN8O3. The molecule has 1 aliphatic heterocycles. The van der Waals surface area contributed by atoms with Crippen molar-refractivity contribution in [1.82, 2.24) is 24.6 Å². The van der Waals surface area contributed by atoms with E-state index in [1.807, 2.05) is 10.9 Å². The number of hydrogen-bond acceptors (Lipinski definition) is 9. The third-order valence-corrected chi connectivity index (χ3v) is 5.42. The number of benzene rings is 1.